The van der Waals surface area contributed by atoms with E-state index in [1.54, 1.807) is 42.5 Å². The molecule has 0 atom stereocenters. The van der Waals surface area contributed by atoms with Gasteiger partial charge in [-0.1, -0.05) is 36.4 Å². The molecule has 1 aromatic heterocycles. The molecular formula is C23H23N3O3S. The second kappa shape index (κ2) is 9.84. The third-order valence-corrected chi connectivity index (χ3v) is 5.11. The Bertz CT molecular complexity index is 1030. The van der Waals surface area contributed by atoms with Crippen LogP contribution in [0, 0.1) is 0 Å². The molecule has 0 spiro atoms. The maximum Gasteiger partial charge on any atom is 0.319 e. The van der Waals surface area contributed by atoms with E-state index >= 15 is 0 Å². The number of thiophene rings is 1. The Morgan fingerprint density at radius 3 is 2.23 bits per heavy atom. The molecule has 0 radical (unpaired) electrons. The zero-order chi connectivity index (χ0) is 21.5. The van der Waals surface area contributed by atoms with Crippen molar-refractivity contribution in [1.29, 1.82) is 0 Å². The average molecular weight is 422 g/mol. The second-order valence-electron chi connectivity index (χ2n) is 6.98. The van der Waals surface area contributed by atoms with E-state index in [1.165, 1.54) is 11.3 Å². The van der Waals surface area contributed by atoms with Crippen LogP contribution in [0.4, 0.5) is 10.5 Å². The van der Waals surface area contributed by atoms with Gasteiger partial charge in [-0.25, -0.2) is 4.79 Å². The number of ketones is 1. The van der Waals surface area contributed by atoms with Crippen LogP contribution in [0.25, 0.3) is 0 Å². The predicted octanol–water partition coefficient (Wildman–Crippen LogP) is 4.44. The van der Waals surface area contributed by atoms with Crippen LogP contribution in [0.3, 0.4) is 0 Å². The molecule has 2 aromatic carbocycles. The molecule has 3 amide bonds. The lowest BCUT2D eigenvalue weighted by Crippen LogP contribution is -2.34. The standard InChI is InChI=1S/C23H23N3O3S/c1-15(2)25-23(29)26-17-11-9-16(10-12-17)14-24-22(28)19-7-4-3-6-18(19)21(27)20-8-5-13-30-20/h3-13,15H,14H2,1-2H3,(H,24,28)(H2,25,26,29). The van der Waals surface area contributed by atoms with Crippen molar-refractivity contribution in [1.82, 2.24) is 10.6 Å². The number of hydrogen-bond donors (Lipinski definition) is 3. The highest BCUT2D eigenvalue weighted by molar-refractivity contribution is 7.12. The van der Waals surface area contributed by atoms with Gasteiger partial charge in [-0.2, -0.15) is 0 Å². The molecule has 3 N–H and O–H groups in total. The van der Waals surface area contributed by atoms with Crippen molar-refractivity contribution in [3.63, 3.8) is 0 Å². The first kappa shape index (κ1) is 21.3. The summed E-state index contributed by atoms with van der Waals surface area (Å²) >= 11 is 1.35. The number of carbonyl (C=O) groups is 3. The maximum absolute atomic E-state index is 12.7. The minimum atomic E-state index is -0.311. The first-order chi connectivity index (χ1) is 14.4. The van der Waals surface area contributed by atoms with Gasteiger partial charge in [0.15, 0.2) is 0 Å². The summed E-state index contributed by atoms with van der Waals surface area (Å²) in [5.74, 6) is -0.472. The molecule has 0 unspecified atom stereocenters. The molecule has 0 saturated carbocycles. The van der Waals surface area contributed by atoms with E-state index in [0.29, 0.717) is 28.2 Å². The van der Waals surface area contributed by atoms with E-state index in [0.717, 1.165) is 5.56 Å². The van der Waals surface area contributed by atoms with Gasteiger partial charge in [-0.3, -0.25) is 9.59 Å². The number of hydrogen-bond acceptors (Lipinski definition) is 4. The minimum absolute atomic E-state index is 0.0501. The van der Waals surface area contributed by atoms with Crippen LogP contribution in [0.1, 0.15) is 45.0 Å². The van der Waals surface area contributed by atoms with Gasteiger partial charge in [0.2, 0.25) is 5.78 Å². The monoisotopic (exact) mass is 421 g/mol. The van der Waals surface area contributed by atoms with Gasteiger partial charge in [-0.15, -0.1) is 11.3 Å². The minimum Gasteiger partial charge on any atom is -0.348 e. The zero-order valence-electron chi connectivity index (χ0n) is 16.8. The number of rotatable bonds is 7. The van der Waals surface area contributed by atoms with Crippen molar-refractivity contribution in [2.45, 2.75) is 26.4 Å². The molecule has 0 saturated heterocycles. The fourth-order valence-electron chi connectivity index (χ4n) is 2.83. The number of carbonyl (C=O) groups excluding carboxylic acids is 3. The van der Waals surface area contributed by atoms with E-state index in [-0.39, 0.29) is 23.8 Å². The third kappa shape index (κ3) is 5.55. The van der Waals surface area contributed by atoms with Crippen molar-refractivity contribution in [3.05, 3.63) is 87.6 Å². The van der Waals surface area contributed by atoms with Crippen LogP contribution in [0.5, 0.6) is 0 Å². The van der Waals surface area contributed by atoms with Gasteiger partial charge < -0.3 is 16.0 Å². The third-order valence-electron chi connectivity index (χ3n) is 4.25. The molecule has 30 heavy (non-hydrogen) atoms. The molecule has 0 bridgehead atoms. The van der Waals surface area contributed by atoms with Gasteiger partial charge in [0.25, 0.3) is 5.91 Å². The second-order valence-corrected chi connectivity index (χ2v) is 7.93. The van der Waals surface area contributed by atoms with Crippen LogP contribution in [0.2, 0.25) is 0 Å². The largest absolute Gasteiger partial charge is 0.348 e. The van der Waals surface area contributed by atoms with E-state index in [9.17, 15) is 14.4 Å². The summed E-state index contributed by atoms with van der Waals surface area (Å²) < 4.78 is 0. The van der Waals surface area contributed by atoms with E-state index in [2.05, 4.69) is 16.0 Å². The van der Waals surface area contributed by atoms with E-state index < -0.39 is 0 Å². The summed E-state index contributed by atoms with van der Waals surface area (Å²) in [5, 5.41) is 10.2. The lowest BCUT2D eigenvalue weighted by atomic mass is 10.0. The Kier molecular flexibility index (Phi) is 6.98. The first-order valence-corrected chi connectivity index (χ1v) is 10.4. The summed E-state index contributed by atoms with van der Waals surface area (Å²) in [6, 6.07) is 17.3. The quantitative estimate of drug-likeness (QED) is 0.493. The lowest BCUT2D eigenvalue weighted by Gasteiger charge is -2.11. The molecule has 3 rings (SSSR count). The van der Waals surface area contributed by atoms with E-state index in [1.807, 2.05) is 37.4 Å². The molecule has 0 fully saturated rings. The Morgan fingerprint density at radius 2 is 1.60 bits per heavy atom. The van der Waals surface area contributed by atoms with Gasteiger partial charge in [-0.05, 0) is 49.1 Å². The Hall–Kier alpha value is -3.45. The molecule has 0 aliphatic rings. The van der Waals surface area contributed by atoms with Gasteiger partial charge >= 0.3 is 6.03 Å². The highest BCUT2D eigenvalue weighted by atomic mass is 32.1. The molecule has 0 aliphatic heterocycles. The summed E-state index contributed by atoms with van der Waals surface area (Å²) in [7, 11) is 0. The van der Waals surface area contributed by atoms with Gasteiger partial charge in [0.05, 0.1) is 10.4 Å². The van der Waals surface area contributed by atoms with Crippen molar-refractivity contribution in [2.75, 3.05) is 5.32 Å². The van der Waals surface area contributed by atoms with Crippen molar-refractivity contribution in [2.24, 2.45) is 0 Å². The van der Waals surface area contributed by atoms with Crippen LogP contribution < -0.4 is 16.0 Å². The lowest BCUT2D eigenvalue weighted by molar-refractivity contribution is 0.0940. The molecule has 0 aliphatic carbocycles. The molecular weight excluding hydrogens is 398 g/mol. The van der Waals surface area contributed by atoms with Crippen molar-refractivity contribution in [3.8, 4) is 0 Å². The number of urea groups is 1. The van der Waals surface area contributed by atoms with Crippen LogP contribution in [-0.2, 0) is 6.54 Å². The number of benzene rings is 2. The van der Waals surface area contributed by atoms with Crippen molar-refractivity contribution >= 4 is 34.7 Å². The Labute approximate surface area is 179 Å². The highest BCUT2D eigenvalue weighted by Crippen LogP contribution is 2.18. The summed E-state index contributed by atoms with van der Waals surface area (Å²) in [6.45, 7) is 4.08. The fraction of sp³-hybridized carbons (Fsp3) is 0.174. The summed E-state index contributed by atoms with van der Waals surface area (Å²) in [6.07, 6.45) is 0. The predicted molar refractivity (Wildman–Crippen MR) is 119 cm³/mol. The average Bonchev–Trinajstić information content (AvgIpc) is 3.27. The Balaban J connectivity index is 1.62. The Morgan fingerprint density at radius 1 is 0.900 bits per heavy atom. The number of amides is 3. The van der Waals surface area contributed by atoms with Crippen LogP contribution in [0.15, 0.2) is 66.0 Å². The molecule has 3 aromatic rings. The number of nitrogens with one attached hydrogen (secondary N) is 3. The molecule has 6 nitrogen and oxygen atoms in total. The smallest absolute Gasteiger partial charge is 0.319 e. The van der Waals surface area contributed by atoms with Crippen LogP contribution >= 0.6 is 11.3 Å². The molecule has 7 heteroatoms. The van der Waals surface area contributed by atoms with Crippen LogP contribution in [-0.4, -0.2) is 23.8 Å². The maximum atomic E-state index is 12.7. The molecule has 154 valence electrons. The van der Waals surface area contributed by atoms with Crippen molar-refractivity contribution < 1.29 is 14.4 Å². The SMILES string of the molecule is CC(C)NC(=O)Nc1ccc(CNC(=O)c2ccccc2C(=O)c2cccs2)cc1. The fourth-order valence-corrected chi connectivity index (χ4v) is 3.51. The highest BCUT2D eigenvalue weighted by Gasteiger charge is 2.18. The normalized spacial score (nSPS) is 10.5. The summed E-state index contributed by atoms with van der Waals surface area (Å²) in [4.78, 5) is 37.7. The van der Waals surface area contributed by atoms with Gasteiger partial charge in [0.1, 0.15) is 0 Å². The first-order valence-electron chi connectivity index (χ1n) is 9.56. The summed E-state index contributed by atoms with van der Waals surface area (Å²) in [5.41, 5.74) is 2.27. The number of anilines is 1. The van der Waals surface area contributed by atoms with Gasteiger partial charge in [0, 0.05) is 23.8 Å². The topological polar surface area (TPSA) is 87.3 Å². The van der Waals surface area contributed by atoms with E-state index in [4.69, 9.17) is 0 Å². The zero-order valence-corrected chi connectivity index (χ0v) is 17.6. The molecule has 1 heterocycles.